The number of hydrogen-bond acceptors (Lipinski definition) is 5. The van der Waals surface area contributed by atoms with E-state index in [4.69, 9.17) is 14.7 Å². The molecule has 0 unspecified atom stereocenters. The highest BCUT2D eigenvalue weighted by Gasteiger charge is 2.13. The summed E-state index contributed by atoms with van der Waals surface area (Å²) in [7, 11) is 2.84. The fraction of sp³-hybridized carbons (Fsp3) is 0.273. The molecule has 5 heteroatoms. The molecule has 1 aliphatic rings. The van der Waals surface area contributed by atoms with Gasteiger partial charge in [0, 0.05) is 5.56 Å². The van der Waals surface area contributed by atoms with Gasteiger partial charge in [-0.3, -0.25) is 0 Å². The van der Waals surface area contributed by atoms with Crippen LogP contribution in [-0.2, 0) is 29.0 Å². The number of methoxy groups -OCH3 is 2. The topological polar surface area (TPSA) is 68.6 Å². The van der Waals surface area contributed by atoms with Crippen molar-refractivity contribution in [2.24, 2.45) is 0 Å². The van der Waals surface area contributed by atoms with Gasteiger partial charge in [0.1, 0.15) is 29.7 Å². The zero-order chi connectivity index (χ0) is 19.2. The summed E-state index contributed by atoms with van der Waals surface area (Å²) < 4.78 is 16.0. The number of hydrogen-bond donors (Lipinski definition) is 0. The lowest BCUT2D eigenvalue weighted by Crippen LogP contribution is -2.03. The molecule has 5 nitrogen and oxygen atoms in total. The summed E-state index contributed by atoms with van der Waals surface area (Å²) in [4.78, 5) is 11.6. The number of carbonyl (C=O) groups excluding carboxylic acids is 1. The Kier molecular flexibility index (Phi) is 5.77. The Balaban J connectivity index is 1.81. The highest BCUT2D eigenvalue weighted by molar-refractivity contribution is 5.97. The van der Waals surface area contributed by atoms with Crippen LogP contribution in [0.5, 0.6) is 11.5 Å². The van der Waals surface area contributed by atoms with Gasteiger partial charge in [-0.1, -0.05) is 12.1 Å². The normalized spacial score (nSPS) is 12.9. The Bertz CT molecular complexity index is 924. The van der Waals surface area contributed by atoms with E-state index in [0.29, 0.717) is 17.9 Å². The lowest BCUT2D eigenvalue weighted by molar-refractivity contribution is -0.135. The maximum Gasteiger partial charge on any atom is 0.348 e. The molecule has 0 aliphatic heterocycles. The number of nitrogens with zero attached hydrogens (tertiary/aromatic N) is 1. The average Bonchev–Trinajstić information content (AvgIpc) is 3.17. The predicted molar refractivity (Wildman–Crippen MR) is 101 cm³/mol. The van der Waals surface area contributed by atoms with Gasteiger partial charge in [0.05, 0.1) is 14.2 Å². The molecule has 0 spiro atoms. The van der Waals surface area contributed by atoms with Gasteiger partial charge in [-0.25, -0.2) is 4.79 Å². The molecule has 2 aromatic rings. The number of carbonyl (C=O) groups is 1. The minimum atomic E-state index is -0.663. The Morgan fingerprint density at radius 1 is 1.15 bits per heavy atom. The van der Waals surface area contributed by atoms with E-state index >= 15 is 0 Å². The lowest BCUT2D eigenvalue weighted by atomic mass is 10.1. The zero-order valence-corrected chi connectivity index (χ0v) is 15.5. The number of rotatable bonds is 6. The fourth-order valence-corrected chi connectivity index (χ4v) is 3.21. The van der Waals surface area contributed by atoms with E-state index in [-0.39, 0.29) is 5.57 Å². The van der Waals surface area contributed by atoms with Crippen molar-refractivity contribution in [2.45, 2.75) is 25.9 Å². The minimum absolute atomic E-state index is 0.0619. The summed E-state index contributed by atoms with van der Waals surface area (Å²) >= 11 is 0. The number of esters is 1. The van der Waals surface area contributed by atoms with Gasteiger partial charge < -0.3 is 14.2 Å². The summed E-state index contributed by atoms with van der Waals surface area (Å²) in [5.41, 5.74) is 4.22. The molecule has 0 saturated carbocycles. The molecule has 0 fully saturated rings. The first-order valence-corrected chi connectivity index (χ1v) is 8.76. The van der Waals surface area contributed by atoms with E-state index < -0.39 is 5.97 Å². The first kappa shape index (κ1) is 18.5. The molecule has 0 heterocycles. The molecule has 0 amide bonds. The van der Waals surface area contributed by atoms with Crippen LogP contribution in [0.25, 0.3) is 6.08 Å². The molecule has 27 heavy (non-hydrogen) atoms. The predicted octanol–water partition coefficient (Wildman–Crippen LogP) is 3.84. The van der Waals surface area contributed by atoms with Gasteiger partial charge in [-0.05, 0) is 66.3 Å². The van der Waals surface area contributed by atoms with Crippen molar-refractivity contribution in [3.8, 4) is 17.6 Å². The highest BCUT2D eigenvalue weighted by atomic mass is 16.5. The van der Waals surface area contributed by atoms with Crippen LogP contribution in [0.1, 0.15) is 28.7 Å². The van der Waals surface area contributed by atoms with E-state index in [2.05, 4.69) is 16.9 Å². The number of aryl methyl sites for hydroxylation is 2. The highest BCUT2D eigenvalue weighted by Crippen LogP contribution is 2.28. The fourth-order valence-electron chi connectivity index (χ4n) is 3.21. The largest absolute Gasteiger partial charge is 0.496 e. The summed E-state index contributed by atoms with van der Waals surface area (Å²) in [5, 5.41) is 9.12. The Hall–Kier alpha value is -3.26. The van der Waals surface area contributed by atoms with Crippen molar-refractivity contribution in [3.63, 3.8) is 0 Å². The SMILES string of the molecule is COC(=O)/C(C#N)=C/c1ccc(OC)c(COc2ccc3c(c2)CCC3)c1. The van der Waals surface area contributed by atoms with Crippen LogP contribution in [-0.4, -0.2) is 20.2 Å². The first-order valence-electron chi connectivity index (χ1n) is 8.76. The number of benzene rings is 2. The van der Waals surface area contributed by atoms with E-state index in [0.717, 1.165) is 24.2 Å². The van der Waals surface area contributed by atoms with E-state index in [1.54, 1.807) is 19.2 Å². The number of nitriles is 1. The van der Waals surface area contributed by atoms with Crippen LogP contribution >= 0.6 is 0 Å². The van der Waals surface area contributed by atoms with Crippen molar-refractivity contribution >= 4 is 12.0 Å². The second-order valence-electron chi connectivity index (χ2n) is 6.31. The minimum Gasteiger partial charge on any atom is -0.496 e. The quantitative estimate of drug-likeness (QED) is 0.443. The van der Waals surface area contributed by atoms with E-state index in [9.17, 15) is 4.79 Å². The molecular weight excluding hydrogens is 342 g/mol. The third kappa shape index (κ3) is 4.29. The Morgan fingerprint density at radius 2 is 1.96 bits per heavy atom. The van der Waals surface area contributed by atoms with Crippen molar-refractivity contribution in [2.75, 3.05) is 14.2 Å². The molecule has 0 radical (unpaired) electrons. The maximum atomic E-state index is 11.6. The molecule has 0 atom stereocenters. The molecule has 3 rings (SSSR count). The summed E-state index contributed by atoms with van der Waals surface area (Å²) in [6, 6.07) is 13.5. The molecule has 0 aromatic heterocycles. The first-order chi connectivity index (χ1) is 13.1. The van der Waals surface area contributed by atoms with Crippen molar-refractivity contribution in [1.29, 1.82) is 5.26 Å². The third-order valence-electron chi connectivity index (χ3n) is 4.61. The van der Waals surface area contributed by atoms with Gasteiger partial charge in [0.25, 0.3) is 0 Å². The molecule has 138 valence electrons. The zero-order valence-electron chi connectivity index (χ0n) is 15.5. The summed E-state index contributed by atoms with van der Waals surface area (Å²) in [5.74, 6) is 0.847. The van der Waals surface area contributed by atoms with Crippen molar-refractivity contribution in [3.05, 3.63) is 64.2 Å². The van der Waals surface area contributed by atoms with Gasteiger partial charge in [0.15, 0.2) is 0 Å². The van der Waals surface area contributed by atoms with Gasteiger partial charge in [-0.15, -0.1) is 0 Å². The molecule has 1 aliphatic carbocycles. The third-order valence-corrected chi connectivity index (χ3v) is 4.61. The standard InChI is InChI=1S/C22H21NO4/c1-25-21-9-6-15(10-18(13-23)22(24)26-2)11-19(21)14-27-20-8-7-16-4-3-5-17(16)12-20/h6-12H,3-5,14H2,1-2H3/b18-10+. The molecule has 2 aromatic carbocycles. The Morgan fingerprint density at radius 3 is 2.70 bits per heavy atom. The molecule has 0 saturated heterocycles. The van der Waals surface area contributed by atoms with Crippen molar-refractivity contribution < 1.29 is 19.0 Å². The van der Waals surface area contributed by atoms with Crippen LogP contribution in [0.3, 0.4) is 0 Å². The van der Waals surface area contributed by atoms with Crippen LogP contribution in [0, 0.1) is 11.3 Å². The van der Waals surface area contributed by atoms with Crippen LogP contribution in [0.2, 0.25) is 0 Å². The average molecular weight is 363 g/mol. The van der Waals surface area contributed by atoms with Crippen molar-refractivity contribution in [1.82, 2.24) is 0 Å². The second kappa shape index (κ2) is 8.41. The summed E-state index contributed by atoms with van der Waals surface area (Å²) in [6.07, 6.45) is 4.92. The summed E-state index contributed by atoms with van der Waals surface area (Å²) in [6.45, 7) is 0.323. The number of fused-ring (bicyclic) bond motifs is 1. The molecule has 0 N–H and O–H groups in total. The smallest absolute Gasteiger partial charge is 0.348 e. The van der Waals surface area contributed by atoms with Crippen LogP contribution < -0.4 is 9.47 Å². The molecule has 0 bridgehead atoms. The number of ether oxygens (including phenoxy) is 3. The van der Waals surface area contributed by atoms with Gasteiger partial charge >= 0.3 is 5.97 Å². The van der Waals surface area contributed by atoms with Crippen LogP contribution in [0.4, 0.5) is 0 Å². The maximum absolute atomic E-state index is 11.6. The monoisotopic (exact) mass is 363 g/mol. The van der Waals surface area contributed by atoms with Crippen LogP contribution in [0.15, 0.2) is 42.0 Å². The second-order valence-corrected chi connectivity index (χ2v) is 6.31. The lowest BCUT2D eigenvalue weighted by Gasteiger charge is -2.12. The Labute approximate surface area is 158 Å². The van der Waals surface area contributed by atoms with E-state index in [1.807, 2.05) is 18.2 Å². The van der Waals surface area contributed by atoms with Gasteiger partial charge in [0.2, 0.25) is 0 Å². The molecular formula is C22H21NO4. The van der Waals surface area contributed by atoms with E-state index in [1.165, 1.54) is 30.7 Å². The van der Waals surface area contributed by atoms with Gasteiger partial charge in [-0.2, -0.15) is 5.26 Å².